The molecule has 0 aliphatic carbocycles. The van der Waals surface area contributed by atoms with Crippen molar-refractivity contribution in [2.75, 3.05) is 9.80 Å². The van der Waals surface area contributed by atoms with E-state index in [0.717, 1.165) is 0 Å². The molecule has 0 saturated heterocycles. The maximum absolute atomic E-state index is 2.90. The van der Waals surface area contributed by atoms with Crippen molar-refractivity contribution in [1.29, 1.82) is 0 Å². The van der Waals surface area contributed by atoms with E-state index in [4.69, 9.17) is 0 Å². The van der Waals surface area contributed by atoms with Gasteiger partial charge in [-0.3, -0.25) is 0 Å². The average molecular weight is 518 g/mol. The molecule has 1 aliphatic rings. The van der Waals surface area contributed by atoms with Crippen LogP contribution >= 0.6 is 11.3 Å². The Kier molecular flexibility index (Phi) is 8.68. The number of rotatable bonds is 2. The van der Waals surface area contributed by atoms with Crippen molar-refractivity contribution in [3.8, 4) is 0 Å². The molecule has 4 rings (SSSR count). The first-order valence-corrected chi connectivity index (χ1v) is 11.2. The molecule has 0 radical (unpaired) electrons. The summed E-state index contributed by atoms with van der Waals surface area (Å²) in [4.78, 5) is 4.69. The first kappa shape index (κ1) is 25.4. The number of nitrogens with zero attached hydrogens (tertiary/aromatic N) is 2. The molecule has 1 aromatic heterocycles. The van der Waals surface area contributed by atoms with Gasteiger partial charge in [-0.1, -0.05) is 35.4 Å². The van der Waals surface area contributed by atoms with Gasteiger partial charge in [-0.15, -0.1) is 12.0 Å². The molecule has 31 heavy (non-hydrogen) atoms. The summed E-state index contributed by atoms with van der Waals surface area (Å²) in [5.41, 5.74) is 13.1. The van der Waals surface area contributed by atoms with Crippen molar-refractivity contribution in [3.05, 3.63) is 98.6 Å². The minimum atomic E-state index is 0. The second-order valence-corrected chi connectivity index (χ2v) is 9.00. The smallest absolute Gasteiger partial charge is 0.477 e. The molecule has 1 aliphatic heterocycles. The van der Waals surface area contributed by atoms with Crippen LogP contribution in [-0.4, -0.2) is 0 Å². The van der Waals surface area contributed by atoms with E-state index in [9.17, 15) is 0 Å². The van der Waals surface area contributed by atoms with Crippen LogP contribution in [0.15, 0.2) is 53.2 Å². The number of allylic oxidation sites excluding steroid dienone is 2. The van der Waals surface area contributed by atoms with Crippen molar-refractivity contribution in [3.63, 3.8) is 0 Å². The van der Waals surface area contributed by atoms with Gasteiger partial charge in [0.15, 0.2) is 0 Å². The zero-order chi connectivity index (χ0) is 22.0. The molecule has 2 aromatic carbocycles. The first-order valence-electron chi connectivity index (χ1n) is 10.4. The van der Waals surface area contributed by atoms with Gasteiger partial charge < -0.3 is 21.1 Å². The average Bonchev–Trinajstić information content (AvgIpc) is 3.30. The van der Waals surface area contributed by atoms with Gasteiger partial charge in [0.2, 0.25) is 0 Å². The molecule has 0 bridgehead atoms. The first-order chi connectivity index (χ1) is 14.2. The standard InChI is InChI=1S/C23H29N2.C4H3S.Ru/c1-14-9-16(3)22(17(4)10-14)24-13-25(21(8)20(24)7)23-18(5)11-15(2)12-19(23)6;1-2-4-5-3-1;/h9-13H,1-8H3;1-3H;/q2*-1;+2. The number of hydrogen-bond acceptors (Lipinski definition) is 3. The summed E-state index contributed by atoms with van der Waals surface area (Å²) in [6.45, 7) is 19.8. The summed E-state index contributed by atoms with van der Waals surface area (Å²) in [6, 6.07) is 12.9. The summed E-state index contributed by atoms with van der Waals surface area (Å²) in [7, 11) is 0. The summed E-state index contributed by atoms with van der Waals surface area (Å²) < 4.78 is 0. The van der Waals surface area contributed by atoms with Crippen LogP contribution in [0.2, 0.25) is 0 Å². The van der Waals surface area contributed by atoms with Crippen molar-refractivity contribution < 1.29 is 19.5 Å². The van der Waals surface area contributed by atoms with E-state index in [1.165, 1.54) is 56.1 Å². The van der Waals surface area contributed by atoms with E-state index < -0.39 is 0 Å². The molecule has 3 aromatic rings. The molecule has 2 heterocycles. The maximum Gasteiger partial charge on any atom is 2.00 e. The predicted octanol–water partition coefficient (Wildman–Crippen LogP) is 7.78. The van der Waals surface area contributed by atoms with Gasteiger partial charge in [-0.05, 0) is 77.6 Å². The number of aryl methyl sites for hydroxylation is 6. The monoisotopic (exact) mass is 518 g/mol. The summed E-state index contributed by atoms with van der Waals surface area (Å²) in [5, 5.41) is 4.89. The fraction of sp³-hybridized carbons (Fsp3) is 0.296. The molecule has 0 atom stereocenters. The molecule has 2 nitrogen and oxygen atoms in total. The van der Waals surface area contributed by atoms with E-state index in [1.807, 2.05) is 17.5 Å². The molecular formula is C27H32N2RuS. The number of hydrogen-bond donors (Lipinski definition) is 0. The summed E-state index contributed by atoms with van der Waals surface area (Å²) in [6.07, 6.45) is 0. The van der Waals surface area contributed by atoms with Crippen LogP contribution in [0, 0.1) is 53.6 Å². The molecule has 4 heteroatoms. The van der Waals surface area contributed by atoms with Crippen LogP contribution in [0.25, 0.3) is 0 Å². The van der Waals surface area contributed by atoms with E-state index in [-0.39, 0.29) is 19.5 Å². The van der Waals surface area contributed by atoms with Gasteiger partial charge in [0.1, 0.15) is 0 Å². The Morgan fingerprint density at radius 3 is 1.32 bits per heavy atom. The molecule has 0 amide bonds. The van der Waals surface area contributed by atoms with Gasteiger partial charge in [-0.25, -0.2) is 6.07 Å². The minimum Gasteiger partial charge on any atom is -0.477 e. The van der Waals surface area contributed by atoms with Crippen LogP contribution in [-0.2, 0) is 19.5 Å². The summed E-state index contributed by atoms with van der Waals surface area (Å²) >= 11 is 1.59. The number of anilines is 2. The van der Waals surface area contributed by atoms with Gasteiger partial charge in [-0.2, -0.15) is 11.4 Å². The molecule has 164 valence electrons. The number of benzene rings is 2. The minimum absolute atomic E-state index is 0. The van der Waals surface area contributed by atoms with Gasteiger partial charge >= 0.3 is 19.5 Å². The predicted molar refractivity (Wildman–Crippen MR) is 132 cm³/mol. The molecule has 0 fully saturated rings. The van der Waals surface area contributed by atoms with Crippen LogP contribution in [0.4, 0.5) is 11.4 Å². The van der Waals surface area contributed by atoms with Crippen molar-refractivity contribution in [2.45, 2.75) is 55.4 Å². The molecule has 0 unspecified atom stereocenters. The third kappa shape index (κ3) is 5.48. The Morgan fingerprint density at radius 1 is 0.677 bits per heavy atom. The quantitative estimate of drug-likeness (QED) is 0.253. The largest absolute Gasteiger partial charge is 2.00 e. The van der Waals surface area contributed by atoms with Crippen molar-refractivity contribution in [1.82, 2.24) is 0 Å². The Hall–Kier alpha value is -1.90. The SMILES string of the molecule is CC1=C(C)N(c2c(C)cc(C)cc2C)[CH-]N1c1c(C)cc(C)cc1C.[Ru+2].[c-]1cccs1. The zero-order valence-electron chi connectivity index (χ0n) is 19.8. The molecule has 0 spiro atoms. The van der Waals surface area contributed by atoms with Gasteiger partial charge in [0.25, 0.3) is 0 Å². The van der Waals surface area contributed by atoms with Crippen LogP contribution in [0.5, 0.6) is 0 Å². The van der Waals surface area contributed by atoms with Gasteiger partial charge in [0, 0.05) is 22.8 Å². The second-order valence-electron chi connectivity index (χ2n) is 8.25. The van der Waals surface area contributed by atoms with E-state index in [2.05, 4.69) is 102 Å². The Morgan fingerprint density at radius 2 is 1.06 bits per heavy atom. The third-order valence-electron chi connectivity index (χ3n) is 5.61. The second kappa shape index (κ2) is 10.6. The molecular weight excluding hydrogens is 485 g/mol. The number of thiophene rings is 1. The fourth-order valence-electron chi connectivity index (χ4n) is 4.39. The van der Waals surface area contributed by atoms with E-state index >= 15 is 0 Å². The van der Waals surface area contributed by atoms with Crippen molar-refractivity contribution in [2.24, 2.45) is 0 Å². The molecule has 0 saturated carbocycles. The Bertz CT molecular complexity index is 932. The molecule has 0 N–H and O–H groups in total. The van der Waals surface area contributed by atoms with E-state index in [0.29, 0.717) is 0 Å². The van der Waals surface area contributed by atoms with Crippen LogP contribution < -0.4 is 9.80 Å². The summed E-state index contributed by atoms with van der Waals surface area (Å²) in [5.74, 6) is 0. The van der Waals surface area contributed by atoms with Gasteiger partial charge in [0.05, 0.1) is 0 Å². The topological polar surface area (TPSA) is 6.48 Å². The Labute approximate surface area is 205 Å². The van der Waals surface area contributed by atoms with Crippen molar-refractivity contribution >= 4 is 22.7 Å². The Balaban J connectivity index is 0.000000501. The maximum atomic E-state index is 2.90. The normalized spacial score (nSPS) is 13.2. The van der Waals surface area contributed by atoms with Crippen LogP contribution in [0.1, 0.15) is 47.2 Å². The fourth-order valence-corrected chi connectivity index (χ4v) is 4.78. The third-order valence-corrected chi connectivity index (χ3v) is 6.17. The van der Waals surface area contributed by atoms with E-state index in [1.54, 1.807) is 11.3 Å². The zero-order valence-corrected chi connectivity index (χ0v) is 22.3. The van der Waals surface area contributed by atoms with Crippen LogP contribution in [0.3, 0.4) is 0 Å².